The van der Waals surface area contributed by atoms with E-state index in [0.29, 0.717) is 26.1 Å². The summed E-state index contributed by atoms with van der Waals surface area (Å²) in [4.78, 5) is 2.52. The molecule has 3 nitrogen and oxygen atoms in total. The van der Waals surface area contributed by atoms with Crippen molar-refractivity contribution >= 4 is 6.08 Å². The molecule has 0 spiro atoms. The van der Waals surface area contributed by atoms with Crippen LogP contribution in [0.3, 0.4) is 0 Å². The molecule has 2 heterocycles. The van der Waals surface area contributed by atoms with Gasteiger partial charge in [0.2, 0.25) is 0 Å². The second-order valence-electron chi connectivity index (χ2n) is 7.27. The van der Waals surface area contributed by atoms with Crippen LogP contribution in [-0.4, -0.2) is 35.3 Å². The molecule has 2 aliphatic heterocycles. The van der Waals surface area contributed by atoms with Gasteiger partial charge in [-0.2, -0.15) is 0 Å². The van der Waals surface area contributed by atoms with Gasteiger partial charge >= 0.3 is 0 Å². The zero-order valence-electron chi connectivity index (χ0n) is 14.5. The van der Waals surface area contributed by atoms with E-state index in [-0.39, 0.29) is 12.1 Å². The molecular weight excluding hydrogens is 310 g/mol. The van der Waals surface area contributed by atoms with Crippen molar-refractivity contribution in [2.75, 3.05) is 13.2 Å². The van der Waals surface area contributed by atoms with Crippen LogP contribution < -0.4 is 0 Å². The van der Waals surface area contributed by atoms with Crippen LogP contribution in [0.2, 0.25) is 0 Å². The number of morpholine rings is 1. The first-order valence-electron chi connectivity index (χ1n) is 9.01. The van der Waals surface area contributed by atoms with Crippen molar-refractivity contribution < 1.29 is 9.84 Å². The van der Waals surface area contributed by atoms with Crippen LogP contribution in [0.25, 0.3) is 6.08 Å². The molecule has 2 bridgehead atoms. The lowest BCUT2D eigenvalue weighted by molar-refractivity contribution is -0.149. The van der Waals surface area contributed by atoms with Crippen molar-refractivity contribution in [2.45, 2.75) is 37.1 Å². The molecule has 2 saturated heterocycles. The lowest BCUT2D eigenvalue weighted by Crippen LogP contribution is -2.60. The summed E-state index contributed by atoms with van der Waals surface area (Å²) in [5.41, 5.74) is 2.64. The highest BCUT2D eigenvalue weighted by Gasteiger charge is 2.46. The predicted molar refractivity (Wildman–Crippen MR) is 100 cm³/mol. The summed E-state index contributed by atoms with van der Waals surface area (Å²) in [5.74, 6) is 0. The van der Waals surface area contributed by atoms with Crippen molar-refractivity contribution in [2.24, 2.45) is 0 Å². The van der Waals surface area contributed by atoms with Gasteiger partial charge in [-0.3, -0.25) is 4.90 Å². The summed E-state index contributed by atoms with van der Waals surface area (Å²) in [6.07, 6.45) is 3.26. The molecule has 2 unspecified atom stereocenters. The fraction of sp³-hybridized carbons (Fsp3) is 0.364. The summed E-state index contributed by atoms with van der Waals surface area (Å²) in [6, 6.07) is 19.2. The number of rotatable bonds is 4. The molecule has 2 fully saturated rings. The number of hydrogen-bond donors (Lipinski definition) is 1. The molecule has 4 rings (SSSR count). The lowest BCUT2D eigenvalue weighted by Gasteiger charge is -2.52. The van der Waals surface area contributed by atoms with Crippen molar-refractivity contribution in [3.05, 3.63) is 77.9 Å². The molecular formula is C22H25NO2. The lowest BCUT2D eigenvalue weighted by atomic mass is 9.76. The van der Waals surface area contributed by atoms with Crippen LogP contribution in [0.15, 0.2) is 61.2 Å². The van der Waals surface area contributed by atoms with E-state index < -0.39 is 5.60 Å². The SMILES string of the molecule is C=Cc1ccc(C2(O)CC3COCC(C2)N3Cc2ccccc2)cc1. The molecule has 1 N–H and O–H groups in total. The van der Waals surface area contributed by atoms with Crippen LogP contribution in [0.4, 0.5) is 0 Å². The molecule has 2 aromatic carbocycles. The number of fused-ring (bicyclic) bond motifs is 2. The Kier molecular flexibility index (Phi) is 4.46. The third-order valence-corrected chi connectivity index (χ3v) is 5.60. The van der Waals surface area contributed by atoms with Crippen LogP contribution in [0.1, 0.15) is 29.5 Å². The Balaban J connectivity index is 1.56. The second-order valence-corrected chi connectivity index (χ2v) is 7.27. The maximum atomic E-state index is 11.4. The minimum Gasteiger partial charge on any atom is -0.385 e. The number of ether oxygens (including phenoxy) is 1. The van der Waals surface area contributed by atoms with Gasteiger partial charge in [0.25, 0.3) is 0 Å². The van der Waals surface area contributed by atoms with Gasteiger partial charge in [-0.25, -0.2) is 0 Å². The molecule has 0 aromatic heterocycles. The second kappa shape index (κ2) is 6.75. The van der Waals surface area contributed by atoms with E-state index in [9.17, 15) is 5.11 Å². The van der Waals surface area contributed by atoms with Gasteiger partial charge in [0.15, 0.2) is 0 Å². The van der Waals surface area contributed by atoms with Gasteiger partial charge in [-0.15, -0.1) is 0 Å². The molecule has 130 valence electrons. The van der Waals surface area contributed by atoms with Crippen LogP contribution >= 0.6 is 0 Å². The maximum absolute atomic E-state index is 11.4. The smallest absolute Gasteiger partial charge is 0.0928 e. The van der Waals surface area contributed by atoms with E-state index in [0.717, 1.165) is 17.7 Å². The molecule has 0 aliphatic carbocycles. The number of aliphatic hydroxyl groups is 1. The van der Waals surface area contributed by atoms with Crippen molar-refractivity contribution in [1.29, 1.82) is 0 Å². The van der Waals surface area contributed by atoms with Crippen molar-refractivity contribution in [3.63, 3.8) is 0 Å². The van der Waals surface area contributed by atoms with Crippen molar-refractivity contribution in [1.82, 2.24) is 4.90 Å². The van der Waals surface area contributed by atoms with Gasteiger partial charge in [0.1, 0.15) is 0 Å². The van der Waals surface area contributed by atoms with E-state index >= 15 is 0 Å². The number of piperidine rings is 1. The quantitative estimate of drug-likeness (QED) is 0.927. The highest BCUT2D eigenvalue weighted by molar-refractivity contribution is 5.47. The third kappa shape index (κ3) is 3.28. The summed E-state index contributed by atoms with van der Waals surface area (Å²) in [5, 5.41) is 11.4. The maximum Gasteiger partial charge on any atom is 0.0928 e. The Morgan fingerprint density at radius 2 is 1.68 bits per heavy atom. The van der Waals surface area contributed by atoms with E-state index in [2.05, 4.69) is 41.8 Å². The third-order valence-electron chi connectivity index (χ3n) is 5.60. The highest BCUT2D eigenvalue weighted by Crippen LogP contribution is 2.41. The predicted octanol–water partition coefficient (Wildman–Crippen LogP) is 3.58. The minimum atomic E-state index is -0.772. The Morgan fingerprint density at radius 3 is 2.28 bits per heavy atom. The monoisotopic (exact) mass is 335 g/mol. The average Bonchev–Trinajstić information content (AvgIpc) is 2.64. The van der Waals surface area contributed by atoms with Gasteiger partial charge in [0.05, 0.1) is 18.8 Å². The first-order valence-corrected chi connectivity index (χ1v) is 9.01. The number of benzene rings is 2. The Hall–Kier alpha value is -1.94. The number of hydrogen-bond acceptors (Lipinski definition) is 3. The number of nitrogens with zero attached hydrogens (tertiary/aromatic N) is 1. The Morgan fingerprint density at radius 1 is 1.04 bits per heavy atom. The van der Waals surface area contributed by atoms with Gasteiger partial charge in [-0.1, -0.05) is 67.3 Å². The molecule has 0 saturated carbocycles. The largest absolute Gasteiger partial charge is 0.385 e. The zero-order chi connectivity index (χ0) is 17.3. The van der Waals surface area contributed by atoms with Gasteiger partial charge in [0, 0.05) is 18.6 Å². The first-order chi connectivity index (χ1) is 12.2. The topological polar surface area (TPSA) is 32.7 Å². The fourth-order valence-corrected chi connectivity index (χ4v) is 4.26. The first kappa shape index (κ1) is 16.5. The molecule has 2 aliphatic rings. The summed E-state index contributed by atoms with van der Waals surface area (Å²) in [6.45, 7) is 6.10. The van der Waals surface area contributed by atoms with Crippen molar-refractivity contribution in [3.8, 4) is 0 Å². The van der Waals surface area contributed by atoms with Gasteiger partial charge < -0.3 is 9.84 Å². The van der Waals surface area contributed by atoms with E-state index in [1.165, 1.54) is 5.56 Å². The van der Waals surface area contributed by atoms with Crippen LogP contribution in [-0.2, 0) is 16.9 Å². The molecule has 0 radical (unpaired) electrons. The average molecular weight is 335 g/mol. The molecule has 25 heavy (non-hydrogen) atoms. The Bertz CT molecular complexity index is 711. The normalized spacial score (nSPS) is 29.3. The fourth-order valence-electron chi connectivity index (χ4n) is 4.26. The minimum absolute atomic E-state index is 0.247. The Labute approximate surface area is 149 Å². The zero-order valence-corrected chi connectivity index (χ0v) is 14.5. The summed E-state index contributed by atoms with van der Waals surface area (Å²) < 4.78 is 5.80. The summed E-state index contributed by atoms with van der Waals surface area (Å²) >= 11 is 0. The van der Waals surface area contributed by atoms with E-state index in [1.54, 1.807) is 0 Å². The molecule has 0 amide bonds. The van der Waals surface area contributed by atoms with E-state index in [4.69, 9.17) is 4.74 Å². The standard InChI is InChI=1S/C22H25NO2/c1-2-17-8-10-19(11-9-17)22(24)12-20-15-25-16-21(13-22)23(20)14-18-6-4-3-5-7-18/h2-11,20-21,24H,1,12-16H2. The summed E-state index contributed by atoms with van der Waals surface area (Å²) in [7, 11) is 0. The highest BCUT2D eigenvalue weighted by atomic mass is 16.5. The molecule has 3 heteroatoms. The molecule has 2 aromatic rings. The van der Waals surface area contributed by atoms with Gasteiger partial charge in [-0.05, 0) is 29.5 Å². The molecule has 2 atom stereocenters. The van der Waals surface area contributed by atoms with Crippen LogP contribution in [0, 0.1) is 0 Å². The van der Waals surface area contributed by atoms with E-state index in [1.807, 2.05) is 30.3 Å². The van der Waals surface area contributed by atoms with Crippen LogP contribution in [0.5, 0.6) is 0 Å².